The van der Waals surface area contributed by atoms with Crippen LogP contribution in [0.3, 0.4) is 0 Å². The third kappa shape index (κ3) is 5.94. The highest BCUT2D eigenvalue weighted by Crippen LogP contribution is 2.41. The van der Waals surface area contributed by atoms with Gasteiger partial charge in [-0.15, -0.1) is 0 Å². The zero-order valence-electron chi connectivity index (χ0n) is 17.3. The Bertz CT molecular complexity index is 839. The van der Waals surface area contributed by atoms with Crippen molar-refractivity contribution in [2.45, 2.75) is 81.1 Å². The molecule has 4 nitrogen and oxygen atoms in total. The van der Waals surface area contributed by atoms with Crippen molar-refractivity contribution in [2.75, 3.05) is 0 Å². The summed E-state index contributed by atoms with van der Waals surface area (Å²) in [5.41, 5.74) is -1.63. The maximum atomic E-state index is 15.0. The Balaban J connectivity index is 1.86. The van der Waals surface area contributed by atoms with Crippen LogP contribution in [0.2, 0.25) is 0 Å². The highest BCUT2D eigenvalue weighted by atomic mass is 19.4. The summed E-state index contributed by atoms with van der Waals surface area (Å²) in [5, 5.41) is 13.6. The molecule has 2 N–H and O–H groups in total. The monoisotopic (exact) mass is 461 g/mol. The number of nitrogens with one attached hydrogen (secondary N) is 2. The van der Waals surface area contributed by atoms with Gasteiger partial charge in [-0.25, -0.2) is 13.2 Å². The highest BCUT2D eigenvalue weighted by Gasteiger charge is 2.50. The van der Waals surface area contributed by atoms with E-state index in [0.717, 1.165) is 30.7 Å². The third-order valence-corrected chi connectivity index (χ3v) is 6.22. The minimum Gasteiger partial charge on any atom is -0.336 e. The van der Waals surface area contributed by atoms with E-state index < -0.39 is 59.3 Å². The van der Waals surface area contributed by atoms with Crippen LogP contribution in [-0.4, -0.2) is 29.6 Å². The fraction of sp³-hybridized carbons (Fsp3) is 0.636. The first-order chi connectivity index (χ1) is 15.0. The van der Waals surface area contributed by atoms with E-state index in [0.29, 0.717) is 25.7 Å². The number of rotatable bonds is 8. The maximum absolute atomic E-state index is 15.0. The zero-order valence-corrected chi connectivity index (χ0v) is 17.3. The van der Waals surface area contributed by atoms with Crippen LogP contribution in [0.15, 0.2) is 24.3 Å². The van der Waals surface area contributed by atoms with Gasteiger partial charge in [0, 0.05) is 12.3 Å². The lowest BCUT2D eigenvalue weighted by Crippen LogP contribution is -2.54. The largest absolute Gasteiger partial charge is 0.407 e. The Morgan fingerprint density at radius 3 is 2.19 bits per heavy atom. The van der Waals surface area contributed by atoms with E-state index in [9.17, 15) is 27.6 Å². The minimum atomic E-state index is -4.93. The molecule has 0 spiro atoms. The molecule has 176 valence electrons. The number of alkyl halides is 5. The van der Waals surface area contributed by atoms with E-state index in [4.69, 9.17) is 0 Å². The first kappa shape index (κ1) is 24.4. The molecular formula is C22H25F6N3O. The number of halogens is 6. The topological polar surface area (TPSA) is 64.9 Å². The average Bonchev–Trinajstić information content (AvgIpc) is 3.51. The highest BCUT2D eigenvalue weighted by molar-refractivity contribution is 5.83. The van der Waals surface area contributed by atoms with Crippen molar-refractivity contribution in [2.24, 2.45) is 5.92 Å². The van der Waals surface area contributed by atoms with Gasteiger partial charge in [0.1, 0.15) is 17.4 Å². The Morgan fingerprint density at radius 2 is 1.69 bits per heavy atom. The quantitative estimate of drug-likeness (QED) is 0.526. The standard InChI is InChI=1S/C22H25F6N3O/c23-16-8-6-14(7-9-16)18(22(26,27)28)30-17(19(32)31-20(13-29)10-11-20)12-21(24,25)15-4-2-1-3-5-15/h6-9,15,17-18,30H,1-5,10-12H2,(H,31,32)/t17-,18-/m0/s1. The van der Waals surface area contributed by atoms with Crippen LogP contribution < -0.4 is 10.6 Å². The number of carbonyl (C=O) groups is 1. The second-order valence-corrected chi connectivity index (χ2v) is 8.73. The van der Waals surface area contributed by atoms with Crippen molar-refractivity contribution in [1.82, 2.24) is 10.6 Å². The molecule has 0 heterocycles. The van der Waals surface area contributed by atoms with Crippen LogP contribution in [0.5, 0.6) is 0 Å². The van der Waals surface area contributed by atoms with Crippen LogP contribution in [0.1, 0.15) is 63.0 Å². The smallest absolute Gasteiger partial charge is 0.336 e. The summed E-state index contributed by atoms with van der Waals surface area (Å²) in [5.74, 6) is -6.21. The van der Waals surface area contributed by atoms with Crippen molar-refractivity contribution in [3.63, 3.8) is 0 Å². The van der Waals surface area contributed by atoms with Crippen molar-refractivity contribution in [3.8, 4) is 6.07 Å². The molecule has 10 heteroatoms. The number of amides is 1. The Morgan fingerprint density at radius 1 is 1.09 bits per heavy atom. The molecule has 2 aliphatic carbocycles. The van der Waals surface area contributed by atoms with Crippen LogP contribution in [-0.2, 0) is 4.79 Å². The molecule has 0 unspecified atom stereocenters. The average molecular weight is 461 g/mol. The van der Waals surface area contributed by atoms with Crippen LogP contribution in [0, 0.1) is 23.1 Å². The lowest BCUT2D eigenvalue weighted by atomic mass is 9.82. The number of nitriles is 1. The van der Waals surface area contributed by atoms with E-state index in [1.807, 2.05) is 6.07 Å². The van der Waals surface area contributed by atoms with Crippen LogP contribution in [0.25, 0.3) is 0 Å². The van der Waals surface area contributed by atoms with Gasteiger partial charge in [-0.2, -0.15) is 18.4 Å². The van der Waals surface area contributed by atoms with Gasteiger partial charge in [-0.3, -0.25) is 10.1 Å². The van der Waals surface area contributed by atoms with Crippen molar-refractivity contribution in [1.29, 1.82) is 5.26 Å². The zero-order chi connectivity index (χ0) is 23.6. The molecule has 1 aromatic carbocycles. The SMILES string of the molecule is N#CC1(NC(=O)[C@H](CC(F)(F)C2CCCCC2)N[C@@H](c2ccc(F)cc2)C(F)(F)F)CC1. The number of benzene rings is 1. The molecule has 3 rings (SSSR count). The molecule has 1 amide bonds. The van der Waals surface area contributed by atoms with Gasteiger partial charge in [0.05, 0.1) is 12.1 Å². The van der Waals surface area contributed by atoms with Gasteiger partial charge >= 0.3 is 6.18 Å². The summed E-state index contributed by atoms with van der Waals surface area (Å²) in [6, 6.07) is 0.971. The van der Waals surface area contributed by atoms with Gasteiger partial charge in [0.15, 0.2) is 0 Å². The molecule has 2 saturated carbocycles. The molecule has 32 heavy (non-hydrogen) atoms. The molecule has 2 fully saturated rings. The lowest BCUT2D eigenvalue weighted by Gasteiger charge is -2.34. The Labute approximate surface area is 182 Å². The van der Waals surface area contributed by atoms with Crippen molar-refractivity contribution < 1.29 is 31.1 Å². The Kier molecular flexibility index (Phi) is 7.08. The Hall–Kier alpha value is -2.28. The molecular weight excluding hydrogens is 436 g/mol. The summed E-state index contributed by atoms with van der Waals surface area (Å²) in [6.07, 6.45) is -2.94. The lowest BCUT2D eigenvalue weighted by molar-refractivity contribution is -0.164. The van der Waals surface area contributed by atoms with E-state index >= 15 is 8.78 Å². The molecule has 0 aliphatic heterocycles. The van der Waals surface area contributed by atoms with Crippen LogP contribution in [0.4, 0.5) is 26.3 Å². The predicted octanol–water partition coefficient (Wildman–Crippen LogP) is 5.17. The molecule has 2 aliphatic rings. The normalized spacial score (nSPS) is 20.8. The first-order valence-corrected chi connectivity index (χ1v) is 10.7. The van der Waals surface area contributed by atoms with E-state index in [1.165, 1.54) is 0 Å². The summed E-state index contributed by atoms with van der Waals surface area (Å²) in [6.45, 7) is 0. The van der Waals surface area contributed by atoms with Gasteiger partial charge in [0.25, 0.3) is 5.92 Å². The second kappa shape index (κ2) is 9.30. The number of carbonyl (C=O) groups excluding carboxylic acids is 1. The van der Waals surface area contributed by atoms with Gasteiger partial charge in [0.2, 0.25) is 5.91 Å². The molecule has 0 bridgehead atoms. The second-order valence-electron chi connectivity index (χ2n) is 8.73. The van der Waals surface area contributed by atoms with Crippen LogP contribution >= 0.6 is 0 Å². The van der Waals surface area contributed by atoms with Gasteiger partial charge in [-0.1, -0.05) is 31.4 Å². The fourth-order valence-corrected chi connectivity index (χ4v) is 4.14. The molecule has 0 radical (unpaired) electrons. The summed E-state index contributed by atoms with van der Waals surface area (Å²) < 4.78 is 84.7. The number of hydrogen-bond acceptors (Lipinski definition) is 3. The molecule has 2 atom stereocenters. The predicted molar refractivity (Wildman–Crippen MR) is 104 cm³/mol. The summed E-state index contributed by atoms with van der Waals surface area (Å²) >= 11 is 0. The molecule has 1 aromatic rings. The fourth-order valence-electron chi connectivity index (χ4n) is 4.14. The number of hydrogen-bond donors (Lipinski definition) is 2. The summed E-state index contributed by atoms with van der Waals surface area (Å²) in [7, 11) is 0. The maximum Gasteiger partial charge on any atom is 0.407 e. The summed E-state index contributed by atoms with van der Waals surface area (Å²) in [4.78, 5) is 12.8. The van der Waals surface area contributed by atoms with Gasteiger partial charge < -0.3 is 5.32 Å². The van der Waals surface area contributed by atoms with Crippen molar-refractivity contribution >= 4 is 5.91 Å². The first-order valence-electron chi connectivity index (χ1n) is 10.7. The van der Waals surface area contributed by atoms with E-state index in [-0.39, 0.29) is 12.8 Å². The van der Waals surface area contributed by atoms with Crippen molar-refractivity contribution in [3.05, 3.63) is 35.6 Å². The minimum absolute atomic E-state index is 0.240. The number of nitrogens with zero attached hydrogens (tertiary/aromatic N) is 1. The van der Waals surface area contributed by atoms with Gasteiger partial charge in [-0.05, 0) is 43.4 Å². The molecule has 0 saturated heterocycles. The van der Waals surface area contributed by atoms with E-state index in [2.05, 4.69) is 10.6 Å². The third-order valence-electron chi connectivity index (χ3n) is 6.22. The van der Waals surface area contributed by atoms with E-state index in [1.54, 1.807) is 0 Å². The molecule has 0 aromatic heterocycles.